The Labute approximate surface area is 180 Å². The highest BCUT2D eigenvalue weighted by molar-refractivity contribution is 5.94. The first-order chi connectivity index (χ1) is 14.9. The van der Waals surface area contributed by atoms with Crippen LogP contribution in [0, 0.1) is 0 Å². The van der Waals surface area contributed by atoms with Crippen molar-refractivity contribution in [2.45, 2.75) is 69.8 Å². The average molecular weight is 435 g/mol. The zero-order valence-electron chi connectivity index (χ0n) is 17.6. The fourth-order valence-corrected chi connectivity index (χ4v) is 4.67. The number of piperidine rings is 1. The third-order valence-electron chi connectivity index (χ3n) is 6.45. The van der Waals surface area contributed by atoms with E-state index in [9.17, 15) is 18.0 Å². The third kappa shape index (κ3) is 5.67. The van der Waals surface area contributed by atoms with Gasteiger partial charge in [0.25, 0.3) is 5.91 Å². The van der Waals surface area contributed by atoms with Crippen LogP contribution in [0.2, 0.25) is 0 Å². The molecule has 1 amide bonds. The molecule has 1 aliphatic heterocycles. The van der Waals surface area contributed by atoms with Crippen molar-refractivity contribution in [1.82, 2.24) is 20.0 Å². The standard InChI is InChI=1S/C23H29F3N4O/c24-23(25,26)21-12-15-30(28-21)16-17-6-8-18(9-7-17)22(31)27-19-10-13-29(14-11-19)20-4-2-1-3-5-20/h6-9,12,15,19-20H,1-5,10-11,13-14,16H2,(H,27,31). The summed E-state index contributed by atoms with van der Waals surface area (Å²) in [6.07, 6.45) is 5.45. The summed E-state index contributed by atoms with van der Waals surface area (Å²) in [7, 11) is 0. The van der Waals surface area contributed by atoms with E-state index in [4.69, 9.17) is 0 Å². The lowest BCUT2D eigenvalue weighted by molar-refractivity contribution is -0.141. The largest absolute Gasteiger partial charge is 0.435 e. The number of halogens is 3. The van der Waals surface area contributed by atoms with Gasteiger partial charge in [0, 0.05) is 36.9 Å². The van der Waals surface area contributed by atoms with Gasteiger partial charge in [-0.3, -0.25) is 9.48 Å². The topological polar surface area (TPSA) is 50.2 Å². The third-order valence-corrected chi connectivity index (χ3v) is 6.45. The van der Waals surface area contributed by atoms with E-state index in [2.05, 4.69) is 15.3 Å². The molecule has 2 heterocycles. The summed E-state index contributed by atoms with van der Waals surface area (Å²) in [5.74, 6) is -0.0962. The molecule has 2 fully saturated rings. The number of nitrogens with zero attached hydrogens (tertiary/aromatic N) is 3. The highest BCUT2D eigenvalue weighted by Crippen LogP contribution is 2.27. The molecule has 0 atom stereocenters. The molecule has 4 rings (SSSR count). The number of likely N-dealkylation sites (tertiary alicyclic amines) is 1. The van der Waals surface area contributed by atoms with Crippen molar-refractivity contribution >= 4 is 5.91 Å². The summed E-state index contributed by atoms with van der Waals surface area (Å²) >= 11 is 0. The number of hydrogen-bond donors (Lipinski definition) is 1. The highest BCUT2D eigenvalue weighted by atomic mass is 19.4. The van der Waals surface area contributed by atoms with Crippen LogP contribution in [-0.2, 0) is 12.7 Å². The number of alkyl halides is 3. The van der Waals surface area contributed by atoms with Gasteiger partial charge < -0.3 is 10.2 Å². The minimum Gasteiger partial charge on any atom is -0.349 e. The van der Waals surface area contributed by atoms with E-state index in [-0.39, 0.29) is 18.5 Å². The first kappa shape index (κ1) is 21.9. The number of rotatable bonds is 5. The number of nitrogens with one attached hydrogen (secondary N) is 1. The molecule has 1 saturated carbocycles. The molecule has 5 nitrogen and oxygen atoms in total. The van der Waals surface area contributed by atoms with Gasteiger partial charge in [0.2, 0.25) is 0 Å². The first-order valence-corrected chi connectivity index (χ1v) is 11.1. The molecule has 1 aliphatic carbocycles. The second kappa shape index (κ2) is 9.42. The zero-order chi connectivity index (χ0) is 21.8. The molecule has 168 valence electrons. The summed E-state index contributed by atoms with van der Waals surface area (Å²) in [5, 5.41) is 6.70. The lowest BCUT2D eigenvalue weighted by atomic mass is 9.92. The lowest BCUT2D eigenvalue weighted by Crippen LogP contribution is -2.48. The Kier molecular flexibility index (Phi) is 6.65. The Balaban J connectivity index is 1.26. The minimum atomic E-state index is -4.44. The molecular weight excluding hydrogens is 405 g/mol. The van der Waals surface area contributed by atoms with Crippen LogP contribution in [0.25, 0.3) is 0 Å². The fourth-order valence-electron chi connectivity index (χ4n) is 4.67. The van der Waals surface area contributed by atoms with Gasteiger partial charge in [0.05, 0.1) is 6.54 Å². The van der Waals surface area contributed by atoms with Crippen LogP contribution in [-0.4, -0.2) is 45.8 Å². The molecule has 1 saturated heterocycles. The van der Waals surface area contributed by atoms with E-state index in [1.54, 1.807) is 24.3 Å². The summed E-state index contributed by atoms with van der Waals surface area (Å²) in [5.41, 5.74) is 0.446. The summed E-state index contributed by atoms with van der Waals surface area (Å²) < 4.78 is 39.3. The van der Waals surface area contributed by atoms with Gasteiger partial charge >= 0.3 is 6.18 Å². The normalized spacial score (nSPS) is 19.5. The monoisotopic (exact) mass is 434 g/mol. The van der Waals surface area contributed by atoms with Gasteiger partial charge in [-0.2, -0.15) is 18.3 Å². The van der Waals surface area contributed by atoms with Crippen LogP contribution in [0.4, 0.5) is 13.2 Å². The molecule has 8 heteroatoms. The zero-order valence-corrected chi connectivity index (χ0v) is 17.6. The van der Waals surface area contributed by atoms with Gasteiger partial charge in [-0.1, -0.05) is 31.4 Å². The quantitative estimate of drug-likeness (QED) is 0.755. The van der Waals surface area contributed by atoms with Crippen molar-refractivity contribution in [3.63, 3.8) is 0 Å². The van der Waals surface area contributed by atoms with Gasteiger partial charge in [0.15, 0.2) is 5.69 Å². The van der Waals surface area contributed by atoms with Gasteiger partial charge in [-0.25, -0.2) is 0 Å². The molecule has 0 unspecified atom stereocenters. The number of benzene rings is 1. The van der Waals surface area contributed by atoms with Crippen LogP contribution in [0.5, 0.6) is 0 Å². The molecule has 2 aliphatic rings. The Morgan fingerprint density at radius 3 is 2.29 bits per heavy atom. The van der Waals surface area contributed by atoms with E-state index >= 15 is 0 Å². The smallest absolute Gasteiger partial charge is 0.349 e. The van der Waals surface area contributed by atoms with Crippen LogP contribution in [0.3, 0.4) is 0 Å². The Morgan fingerprint density at radius 1 is 1.00 bits per heavy atom. The summed E-state index contributed by atoms with van der Waals surface area (Å²) in [4.78, 5) is 15.2. The number of hydrogen-bond acceptors (Lipinski definition) is 3. The number of aromatic nitrogens is 2. The second-order valence-corrected chi connectivity index (χ2v) is 8.67. The van der Waals surface area contributed by atoms with Crippen molar-refractivity contribution in [3.8, 4) is 0 Å². The molecule has 0 radical (unpaired) electrons. The van der Waals surface area contributed by atoms with E-state index in [0.717, 1.165) is 43.6 Å². The maximum Gasteiger partial charge on any atom is 0.435 e. The summed E-state index contributed by atoms with van der Waals surface area (Å²) in [6, 6.07) is 8.83. The Morgan fingerprint density at radius 2 is 1.68 bits per heavy atom. The van der Waals surface area contributed by atoms with Crippen LogP contribution < -0.4 is 5.32 Å². The van der Waals surface area contributed by atoms with Crippen LogP contribution in [0.1, 0.15) is 66.6 Å². The Bertz CT molecular complexity index is 864. The predicted octanol–water partition coefficient (Wildman–Crippen LogP) is 4.48. The lowest BCUT2D eigenvalue weighted by Gasteiger charge is -2.39. The van der Waals surface area contributed by atoms with Crippen molar-refractivity contribution in [3.05, 3.63) is 53.3 Å². The molecule has 1 N–H and O–H groups in total. The molecule has 0 bridgehead atoms. The minimum absolute atomic E-state index is 0.0962. The van der Waals surface area contributed by atoms with E-state index < -0.39 is 11.9 Å². The molecule has 1 aromatic carbocycles. The van der Waals surface area contributed by atoms with Crippen molar-refractivity contribution in [2.24, 2.45) is 0 Å². The maximum atomic E-state index is 12.7. The van der Waals surface area contributed by atoms with E-state index in [0.29, 0.717) is 5.56 Å². The SMILES string of the molecule is O=C(NC1CCN(C2CCCCC2)CC1)c1ccc(Cn2ccc(C(F)(F)F)n2)cc1. The van der Waals surface area contributed by atoms with Crippen LogP contribution in [0.15, 0.2) is 36.5 Å². The molecular formula is C23H29F3N4O. The van der Waals surface area contributed by atoms with E-state index in [1.807, 2.05) is 0 Å². The van der Waals surface area contributed by atoms with Gasteiger partial charge in [0.1, 0.15) is 0 Å². The first-order valence-electron chi connectivity index (χ1n) is 11.1. The summed E-state index contributed by atoms with van der Waals surface area (Å²) in [6.45, 7) is 2.30. The predicted molar refractivity (Wildman–Crippen MR) is 112 cm³/mol. The van der Waals surface area contributed by atoms with E-state index in [1.165, 1.54) is 43.0 Å². The van der Waals surface area contributed by atoms with Crippen molar-refractivity contribution in [2.75, 3.05) is 13.1 Å². The Hall–Kier alpha value is -2.35. The number of carbonyl (C=O) groups excluding carboxylic acids is 1. The van der Waals surface area contributed by atoms with Crippen molar-refractivity contribution < 1.29 is 18.0 Å². The van der Waals surface area contributed by atoms with Crippen LogP contribution >= 0.6 is 0 Å². The van der Waals surface area contributed by atoms with Gasteiger partial charge in [-0.05, 0) is 49.4 Å². The molecule has 2 aromatic rings. The number of amides is 1. The maximum absolute atomic E-state index is 12.7. The molecule has 1 aromatic heterocycles. The highest BCUT2D eigenvalue weighted by Gasteiger charge is 2.33. The average Bonchev–Trinajstić information content (AvgIpc) is 3.24. The fraction of sp³-hybridized carbons (Fsp3) is 0.565. The van der Waals surface area contributed by atoms with Gasteiger partial charge in [-0.15, -0.1) is 0 Å². The number of carbonyl (C=O) groups is 1. The molecule has 31 heavy (non-hydrogen) atoms. The van der Waals surface area contributed by atoms with Crippen molar-refractivity contribution in [1.29, 1.82) is 0 Å². The second-order valence-electron chi connectivity index (χ2n) is 8.67. The molecule has 0 spiro atoms.